The predicted octanol–water partition coefficient (Wildman–Crippen LogP) is 5.20. The van der Waals surface area contributed by atoms with E-state index in [0.717, 1.165) is 0 Å². The highest BCUT2D eigenvalue weighted by molar-refractivity contribution is 8.00. The van der Waals surface area contributed by atoms with E-state index in [9.17, 15) is 13.6 Å². The lowest BCUT2D eigenvalue weighted by Crippen LogP contribution is -2.23. The third-order valence-corrected chi connectivity index (χ3v) is 5.77. The van der Waals surface area contributed by atoms with E-state index in [2.05, 4.69) is 15.5 Å². The highest BCUT2D eigenvalue weighted by Crippen LogP contribution is 2.31. The number of hydrogen-bond acceptors (Lipinski definition) is 5. The van der Waals surface area contributed by atoms with Crippen molar-refractivity contribution >= 4 is 23.4 Å². The first kappa shape index (κ1) is 22.2. The Kier molecular flexibility index (Phi) is 6.47. The molecule has 0 bridgehead atoms. The standard InChI is InChI=1S/C24H17F2N5OS/c1-15(23(32)28-20-4-2-3-16(13-20)14-27)33-24-30-29-22(17-5-7-18(25)8-6-17)31(24)21-11-9-19(26)10-12-21/h2-13,15H,1H3,(H,28,32). The van der Waals surface area contributed by atoms with Crippen LogP contribution in [-0.2, 0) is 4.79 Å². The zero-order chi connectivity index (χ0) is 23.4. The fourth-order valence-electron chi connectivity index (χ4n) is 3.08. The zero-order valence-corrected chi connectivity index (χ0v) is 18.2. The fourth-order valence-corrected chi connectivity index (χ4v) is 3.94. The molecule has 33 heavy (non-hydrogen) atoms. The quantitative estimate of drug-likeness (QED) is 0.399. The van der Waals surface area contributed by atoms with Crippen LogP contribution in [0.2, 0.25) is 0 Å². The van der Waals surface area contributed by atoms with Crippen LogP contribution in [0.1, 0.15) is 12.5 Å². The number of nitriles is 1. The van der Waals surface area contributed by atoms with Crippen LogP contribution >= 0.6 is 11.8 Å². The first-order valence-corrected chi connectivity index (χ1v) is 10.8. The molecule has 1 aromatic heterocycles. The molecule has 4 rings (SSSR count). The minimum Gasteiger partial charge on any atom is -0.325 e. The Labute approximate surface area is 192 Å². The van der Waals surface area contributed by atoms with Gasteiger partial charge in [0, 0.05) is 16.9 Å². The van der Waals surface area contributed by atoms with Crippen molar-refractivity contribution < 1.29 is 13.6 Å². The Morgan fingerprint density at radius 2 is 1.70 bits per heavy atom. The average molecular weight is 461 g/mol. The zero-order valence-electron chi connectivity index (χ0n) is 17.4. The number of aromatic nitrogens is 3. The van der Waals surface area contributed by atoms with Crippen LogP contribution in [0.25, 0.3) is 17.1 Å². The van der Waals surface area contributed by atoms with Crippen molar-refractivity contribution in [2.45, 2.75) is 17.3 Å². The molecule has 0 saturated carbocycles. The fraction of sp³-hybridized carbons (Fsp3) is 0.0833. The Hall–Kier alpha value is -4.03. The summed E-state index contributed by atoms with van der Waals surface area (Å²) in [7, 11) is 0. The molecule has 9 heteroatoms. The summed E-state index contributed by atoms with van der Waals surface area (Å²) in [6.45, 7) is 1.72. The van der Waals surface area contributed by atoms with Gasteiger partial charge in [0.05, 0.1) is 16.9 Å². The van der Waals surface area contributed by atoms with Crippen molar-refractivity contribution in [1.29, 1.82) is 5.26 Å². The second-order valence-electron chi connectivity index (χ2n) is 7.07. The lowest BCUT2D eigenvalue weighted by Gasteiger charge is -2.14. The highest BCUT2D eigenvalue weighted by atomic mass is 32.2. The van der Waals surface area contributed by atoms with Crippen molar-refractivity contribution in [3.63, 3.8) is 0 Å². The second kappa shape index (κ2) is 9.63. The number of anilines is 1. The Bertz CT molecular complexity index is 1330. The van der Waals surface area contributed by atoms with Crippen molar-refractivity contribution in [2.24, 2.45) is 0 Å². The lowest BCUT2D eigenvalue weighted by molar-refractivity contribution is -0.115. The monoisotopic (exact) mass is 461 g/mol. The van der Waals surface area contributed by atoms with Crippen LogP contribution in [-0.4, -0.2) is 25.9 Å². The van der Waals surface area contributed by atoms with Gasteiger partial charge in [-0.05, 0) is 73.7 Å². The number of nitrogens with zero attached hydrogens (tertiary/aromatic N) is 4. The molecule has 164 valence electrons. The molecule has 6 nitrogen and oxygen atoms in total. The molecular formula is C24H17F2N5OS. The molecule has 0 radical (unpaired) electrons. The van der Waals surface area contributed by atoms with E-state index in [0.29, 0.717) is 33.5 Å². The normalized spacial score (nSPS) is 11.6. The molecule has 0 aliphatic carbocycles. The third-order valence-electron chi connectivity index (χ3n) is 4.73. The number of halogens is 2. The van der Waals surface area contributed by atoms with Gasteiger partial charge in [-0.15, -0.1) is 10.2 Å². The SMILES string of the molecule is CC(Sc1nnc(-c2ccc(F)cc2)n1-c1ccc(F)cc1)C(=O)Nc1cccc(C#N)c1. The summed E-state index contributed by atoms with van der Waals surface area (Å²) < 4.78 is 28.6. The maximum Gasteiger partial charge on any atom is 0.237 e. The van der Waals surface area contributed by atoms with Gasteiger partial charge in [0.25, 0.3) is 0 Å². The third kappa shape index (κ3) is 5.07. The topological polar surface area (TPSA) is 83.6 Å². The number of amides is 1. The van der Waals surface area contributed by atoms with Crippen LogP contribution in [0.3, 0.4) is 0 Å². The number of thioether (sulfide) groups is 1. The number of carbonyl (C=O) groups is 1. The number of rotatable bonds is 6. The van der Waals surface area contributed by atoms with E-state index >= 15 is 0 Å². The molecular weight excluding hydrogens is 444 g/mol. The van der Waals surface area contributed by atoms with Gasteiger partial charge in [-0.1, -0.05) is 17.8 Å². The van der Waals surface area contributed by atoms with E-state index in [1.54, 1.807) is 60.0 Å². The predicted molar refractivity (Wildman–Crippen MR) is 122 cm³/mol. The smallest absolute Gasteiger partial charge is 0.237 e. The second-order valence-corrected chi connectivity index (χ2v) is 8.37. The van der Waals surface area contributed by atoms with Gasteiger partial charge in [0.2, 0.25) is 5.91 Å². The molecule has 1 unspecified atom stereocenters. The van der Waals surface area contributed by atoms with Crippen LogP contribution < -0.4 is 5.32 Å². The number of hydrogen-bond donors (Lipinski definition) is 1. The highest BCUT2D eigenvalue weighted by Gasteiger charge is 2.22. The summed E-state index contributed by atoms with van der Waals surface area (Å²) in [6.07, 6.45) is 0. The van der Waals surface area contributed by atoms with Crippen LogP contribution in [0.4, 0.5) is 14.5 Å². The summed E-state index contributed by atoms with van der Waals surface area (Å²) in [5.41, 5.74) is 2.16. The van der Waals surface area contributed by atoms with Crippen LogP contribution in [0.15, 0.2) is 78.0 Å². The Morgan fingerprint density at radius 1 is 1.03 bits per heavy atom. The minimum atomic E-state index is -0.569. The van der Waals surface area contributed by atoms with Gasteiger partial charge >= 0.3 is 0 Å². The molecule has 3 aromatic carbocycles. The molecule has 0 fully saturated rings. The number of nitrogens with one attached hydrogen (secondary N) is 1. The van der Waals surface area contributed by atoms with Crippen molar-refractivity contribution in [2.75, 3.05) is 5.32 Å². The van der Waals surface area contributed by atoms with E-state index in [-0.39, 0.29) is 11.7 Å². The van der Waals surface area contributed by atoms with Gasteiger partial charge in [-0.2, -0.15) is 5.26 Å². The van der Waals surface area contributed by atoms with E-state index < -0.39 is 11.1 Å². The largest absolute Gasteiger partial charge is 0.325 e. The Morgan fingerprint density at radius 3 is 2.36 bits per heavy atom. The van der Waals surface area contributed by atoms with E-state index in [4.69, 9.17) is 5.26 Å². The van der Waals surface area contributed by atoms with Gasteiger partial charge in [-0.3, -0.25) is 9.36 Å². The summed E-state index contributed by atoms with van der Waals surface area (Å²) in [6, 6.07) is 20.2. The van der Waals surface area contributed by atoms with Crippen molar-refractivity contribution in [3.05, 3.63) is 90.0 Å². The van der Waals surface area contributed by atoms with Gasteiger partial charge in [0.1, 0.15) is 11.6 Å². The molecule has 1 N–H and O–H groups in total. The maximum atomic E-state index is 13.5. The summed E-state index contributed by atoms with van der Waals surface area (Å²) in [5, 5.41) is 20.1. The van der Waals surface area contributed by atoms with Gasteiger partial charge in [-0.25, -0.2) is 8.78 Å². The molecule has 1 heterocycles. The van der Waals surface area contributed by atoms with Gasteiger partial charge < -0.3 is 5.32 Å². The van der Waals surface area contributed by atoms with Gasteiger partial charge in [0.15, 0.2) is 11.0 Å². The first-order valence-electron chi connectivity index (χ1n) is 9.89. The lowest BCUT2D eigenvalue weighted by atomic mass is 10.2. The summed E-state index contributed by atoms with van der Waals surface area (Å²) in [4.78, 5) is 12.8. The summed E-state index contributed by atoms with van der Waals surface area (Å²) >= 11 is 1.17. The average Bonchev–Trinajstić information content (AvgIpc) is 3.23. The van der Waals surface area contributed by atoms with Crippen LogP contribution in [0, 0.1) is 23.0 Å². The number of carbonyl (C=O) groups excluding carboxylic acids is 1. The van der Waals surface area contributed by atoms with Crippen molar-refractivity contribution in [3.8, 4) is 23.1 Å². The molecule has 1 atom stereocenters. The maximum absolute atomic E-state index is 13.5. The first-order chi connectivity index (χ1) is 15.9. The van der Waals surface area contributed by atoms with E-state index in [1.165, 1.54) is 36.0 Å². The van der Waals surface area contributed by atoms with Crippen LogP contribution in [0.5, 0.6) is 0 Å². The number of benzene rings is 3. The Balaban J connectivity index is 1.64. The molecule has 0 spiro atoms. The molecule has 0 saturated heterocycles. The van der Waals surface area contributed by atoms with Crippen molar-refractivity contribution in [1.82, 2.24) is 14.8 Å². The summed E-state index contributed by atoms with van der Waals surface area (Å²) in [5.74, 6) is -0.630. The molecule has 0 aliphatic rings. The molecule has 1 amide bonds. The minimum absolute atomic E-state index is 0.285. The molecule has 0 aliphatic heterocycles. The van der Waals surface area contributed by atoms with E-state index in [1.807, 2.05) is 6.07 Å². The molecule has 4 aromatic rings.